The summed E-state index contributed by atoms with van der Waals surface area (Å²) in [5.74, 6) is 0.832. The number of rotatable bonds is 4. The van der Waals surface area contributed by atoms with Crippen molar-refractivity contribution in [3.8, 4) is 17.0 Å². The molecule has 0 aliphatic heterocycles. The molecule has 0 fully saturated rings. The van der Waals surface area contributed by atoms with Gasteiger partial charge in [-0.15, -0.1) is 0 Å². The Hall–Kier alpha value is -1.81. The average Bonchev–Trinajstić information content (AvgIpc) is 2.86. The molecule has 0 radical (unpaired) electrons. The topological polar surface area (TPSA) is 53.1 Å². The van der Waals surface area contributed by atoms with Crippen molar-refractivity contribution in [1.82, 2.24) is 9.78 Å². The van der Waals surface area contributed by atoms with E-state index in [4.69, 9.17) is 10.5 Å². The van der Waals surface area contributed by atoms with Crippen molar-refractivity contribution >= 4 is 0 Å². The molecule has 0 saturated heterocycles. The summed E-state index contributed by atoms with van der Waals surface area (Å²) < 4.78 is 7.22. The van der Waals surface area contributed by atoms with Crippen molar-refractivity contribution in [2.24, 2.45) is 5.73 Å². The van der Waals surface area contributed by atoms with Crippen LogP contribution in [0, 0.1) is 0 Å². The van der Waals surface area contributed by atoms with E-state index in [1.165, 1.54) is 0 Å². The van der Waals surface area contributed by atoms with Gasteiger partial charge in [0.05, 0.1) is 12.8 Å². The lowest BCUT2D eigenvalue weighted by Gasteiger charge is -2.10. The Labute approximate surface area is 101 Å². The van der Waals surface area contributed by atoms with Gasteiger partial charge in [-0.2, -0.15) is 5.10 Å². The highest BCUT2D eigenvalue weighted by Crippen LogP contribution is 2.26. The van der Waals surface area contributed by atoms with Crippen molar-refractivity contribution < 1.29 is 4.74 Å². The van der Waals surface area contributed by atoms with E-state index >= 15 is 0 Å². The fraction of sp³-hybridized carbons (Fsp3) is 0.308. The van der Waals surface area contributed by atoms with E-state index in [2.05, 4.69) is 18.1 Å². The highest BCUT2D eigenvalue weighted by atomic mass is 16.5. The number of nitrogens with two attached hydrogens (primary N) is 1. The Bertz CT molecular complexity index is 505. The molecule has 0 atom stereocenters. The molecule has 1 aromatic heterocycles. The van der Waals surface area contributed by atoms with Crippen LogP contribution in [0.4, 0.5) is 0 Å². The number of methoxy groups -OCH3 is 1. The standard InChI is InChI=1S/C13H17N3O/c1-3-16-12(6-7-15-16)10-4-5-13(17-2)11(8-10)9-14/h4-8H,3,9,14H2,1-2H3. The van der Waals surface area contributed by atoms with Crippen LogP contribution in [0.25, 0.3) is 11.3 Å². The van der Waals surface area contributed by atoms with Crippen molar-refractivity contribution in [2.45, 2.75) is 20.0 Å². The van der Waals surface area contributed by atoms with Crippen LogP contribution in [0.3, 0.4) is 0 Å². The quantitative estimate of drug-likeness (QED) is 0.876. The normalized spacial score (nSPS) is 10.5. The van der Waals surface area contributed by atoms with Gasteiger partial charge in [-0.25, -0.2) is 0 Å². The highest BCUT2D eigenvalue weighted by Gasteiger charge is 2.07. The molecule has 90 valence electrons. The SMILES string of the molecule is CCn1nccc1-c1ccc(OC)c(CN)c1. The van der Waals surface area contributed by atoms with Gasteiger partial charge in [-0.05, 0) is 31.2 Å². The van der Waals surface area contributed by atoms with E-state index < -0.39 is 0 Å². The van der Waals surface area contributed by atoms with E-state index in [0.717, 1.165) is 29.1 Å². The molecule has 0 aliphatic rings. The van der Waals surface area contributed by atoms with Crippen LogP contribution in [0.5, 0.6) is 5.75 Å². The molecule has 17 heavy (non-hydrogen) atoms. The Morgan fingerprint density at radius 1 is 1.35 bits per heavy atom. The lowest BCUT2D eigenvalue weighted by Crippen LogP contribution is -2.02. The third-order valence-electron chi connectivity index (χ3n) is 2.81. The lowest BCUT2D eigenvalue weighted by molar-refractivity contribution is 0.410. The van der Waals surface area contributed by atoms with Gasteiger partial charge in [-0.1, -0.05) is 0 Å². The van der Waals surface area contributed by atoms with Crippen LogP contribution in [-0.4, -0.2) is 16.9 Å². The second-order valence-corrected chi connectivity index (χ2v) is 3.76. The second-order valence-electron chi connectivity index (χ2n) is 3.76. The summed E-state index contributed by atoms with van der Waals surface area (Å²) in [6.45, 7) is 3.40. The van der Waals surface area contributed by atoms with E-state index in [1.807, 2.05) is 29.1 Å². The summed E-state index contributed by atoms with van der Waals surface area (Å²) in [5.41, 5.74) is 8.94. The number of hydrogen-bond donors (Lipinski definition) is 1. The molecule has 4 heteroatoms. The van der Waals surface area contributed by atoms with Crippen LogP contribution in [0.15, 0.2) is 30.5 Å². The molecular formula is C13H17N3O. The monoisotopic (exact) mass is 231 g/mol. The first kappa shape index (κ1) is 11.7. The van der Waals surface area contributed by atoms with Gasteiger partial charge in [0.1, 0.15) is 5.75 Å². The molecule has 0 spiro atoms. The summed E-state index contributed by atoms with van der Waals surface area (Å²) in [4.78, 5) is 0. The Morgan fingerprint density at radius 2 is 2.18 bits per heavy atom. The lowest BCUT2D eigenvalue weighted by atomic mass is 10.1. The van der Waals surface area contributed by atoms with Gasteiger partial charge in [0.25, 0.3) is 0 Å². The van der Waals surface area contributed by atoms with Gasteiger partial charge in [0.2, 0.25) is 0 Å². The zero-order valence-corrected chi connectivity index (χ0v) is 10.2. The first-order valence-corrected chi connectivity index (χ1v) is 5.69. The van der Waals surface area contributed by atoms with Crippen molar-refractivity contribution in [3.63, 3.8) is 0 Å². The summed E-state index contributed by atoms with van der Waals surface area (Å²) in [7, 11) is 1.66. The predicted molar refractivity (Wildman–Crippen MR) is 67.8 cm³/mol. The molecule has 0 amide bonds. The molecule has 4 nitrogen and oxygen atoms in total. The van der Waals surface area contributed by atoms with Crippen molar-refractivity contribution in [3.05, 3.63) is 36.0 Å². The number of aromatic nitrogens is 2. The second kappa shape index (κ2) is 5.01. The van der Waals surface area contributed by atoms with Crippen molar-refractivity contribution in [1.29, 1.82) is 0 Å². The van der Waals surface area contributed by atoms with E-state index in [1.54, 1.807) is 7.11 Å². The molecule has 1 heterocycles. The number of aryl methyl sites for hydroxylation is 1. The van der Waals surface area contributed by atoms with Gasteiger partial charge in [-0.3, -0.25) is 4.68 Å². The molecule has 1 aromatic carbocycles. The van der Waals surface area contributed by atoms with Gasteiger partial charge in [0.15, 0.2) is 0 Å². The minimum atomic E-state index is 0.470. The molecular weight excluding hydrogens is 214 g/mol. The van der Waals surface area contributed by atoms with Crippen LogP contribution in [0.2, 0.25) is 0 Å². The molecule has 2 aromatic rings. The number of benzene rings is 1. The smallest absolute Gasteiger partial charge is 0.123 e. The zero-order valence-electron chi connectivity index (χ0n) is 10.2. The summed E-state index contributed by atoms with van der Waals surface area (Å²) in [5, 5.41) is 4.26. The summed E-state index contributed by atoms with van der Waals surface area (Å²) >= 11 is 0. The van der Waals surface area contributed by atoms with Crippen LogP contribution < -0.4 is 10.5 Å². The van der Waals surface area contributed by atoms with Crippen LogP contribution >= 0.6 is 0 Å². The van der Waals surface area contributed by atoms with Gasteiger partial charge in [0, 0.05) is 30.4 Å². The largest absolute Gasteiger partial charge is 0.496 e. The minimum Gasteiger partial charge on any atom is -0.496 e. The summed E-state index contributed by atoms with van der Waals surface area (Å²) in [6, 6.07) is 8.04. The van der Waals surface area contributed by atoms with E-state index in [9.17, 15) is 0 Å². The minimum absolute atomic E-state index is 0.470. The molecule has 0 aliphatic carbocycles. The fourth-order valence-electron chi connectivity index (χ4n) is 1.93. The third-order valence-corrected chi connectivity index (χ3v) is 2.81. The number of hydrogen-bond acceptors (Lipinski definition) is 3. The maximum atomic E-state index is 5.72. The molecule has 0 unspecified atom stereocenters. The molecule has 2 N–H and O–H groups in total. The average molecular weight is 231 g/mol. The first-order valence-electron chi connectivity index (χ1n) is 5.69. The number of ether oxygens (including phenoxy) is 1. The first-order chi connectivity index (χ1) is 8.30. The van der Waals surface area contributed by atoms with Crippen LogP contribution in [-0.2, 0) is 13.1 Å². The molecule has 0 bridgehead atoms. The van der Waals surface area contributed by atoms with E-state index in [0.29, 0.717) is 6.54 Å². The maximum absolute atomic E-state index is 5.72. The Kier molecular flexibility index (Phi) is 3.44. The Morgan fingerprint density at radius 3 is 2.82 bits per heavy atom. The predicted octanol–water partition coefficient (Wildman–Crippen LogP) is 2.04. The van der Waals surface area contributed by atoms with Gasteiger partial charge >= 0.3 is 0 Å². The van der Waals surface area contributed by atoms with Crippen molar-refractivity contribution in [2.75, 3.05) is 7.11 Å². The highest BCUT2D eigenvalue weighted by molar-refractivity contribution is 5.62. The number of nitrogens with zero attached hydrogens (tertiary/aromatic N) is 2. The van der Waals surface area contributed by atoms with E-state index in [-0.39, 0.29) is 0 Å². The third kappa shape index (κ3) is 2.17. The molecule has 0 saturated carbocycles. The fourth-order valence-corrected chi connectivity index (χ4v) is 1.93. The summed E-state index contributed by atoms with van der Waals surface area (Å²) in [6.07, 6.45) is 1.81. The van der Waals surface area contributed by atoms with Crippen LogP contribution in [0.1, 0.15) is 12.5 Å². The zero-order chi connectivity index (χ0) is 12.3. The molecule has 2 rings (SSSR count). The Balaban J connectivity index is 2.46. The maximum Gasteiger partial charge on any atom is 0.123 e. The van der Waals surface area contributed by atoms with Gasteiger partial charge < -0.3 is 10.5 Å².